The summed E-state index contributed by atoms with van der Waals surface area (Å²) in [5.74, 6) is 0.756. The molecule has 0 saturated heterocycles. The van der Waals surface area contributed by atoms with Gasteiger partial charge in [-0.2, -0.15) is 0 Å². The molecule has 1 unspecified atom stereocenters. The van der Waals surface area contributed by atoms with Gasteiger partial charge in [-0.05, 0) is 43.5 Å². The monoisotopic (exact) mass is 268 g/mol. The van der Waals surface area contributed by atoms with E-state index in [-0.39, 0.29) is 5.92 Å². The highest BCUT2D eigenvalue weighted by Gasteiger charge is 2.11. The molecule has 2 nitrogen and oxygen atoms in total. The molecule has 0 aliphatic heterocycles. The molecule has 0 heterocycles. The van der Waals surface area contributed by atoms with Gasteiger partial charge in [-0.25, -0.2) is 0 Å². The maximum atomic E-state index is 11.4. The van der Waals surface area contributed by atoms with E-state index in [1.807, 2.05) is 62.4 Å². The lowest BCUT2D eigenvalue weighted by Gasteiger charge is -2.12. The average Bonchev–Trinajstić information content (AvgIpc) is 2.47. The molecule has 0 radical (unpaired) electrons. The lowest BCUT2D eigenvalue weighted by molar-refractivity contribution is -0.109. The van der Waals surface area contributed by atoms with Crippen molar-refractivity contribution in [1.29, 1.82) is 0 Å². The summed E-state index contributed by atoms with van der Waals surface area (Å²) in [7, 11) is 0. The van der Waals surface area contributed by atoms with Gasteiger partial charge in [0.25, 0.3) is 0 Å². The van der Waals surface area contributed by atoms with Crippen molar-refractivity contribution >= 4 is 6.29 Å². The average molecular weight is 268 g/mol. The van der Waals surface area contributed by atoms with Crippen LogP contribution in [-0.4, -0.2) is 12.9 Å². The van der Waals surface area contributed by atoms with E-state index in [1.54, 1.807) is 0 Å². The standard InChI is InChI=1S/C18H20O2/c1-3-20-18-6-4-5-15(12-18)11-17(13-19)16-9-7-14(2)8-10-16/h4-10,12-13,17H,3,11H2,1-2H3. The van der Waals surface area contributed by atoms with Gasteiger partial charge in [0.1, 0.15) is 12.0 Å². The molecule has 104 valence electrons. The molecule has 20 heavy (non-hydrogen) atoms. The Morgan fingerprint density at radius 2 is 1.90 bits per heavy atom. The largest absolute Gasteiger partial charge is 0.494 e. The minimum atomic E-state index is -0.104. The zero-order valence-electron chi connectivity index (χ0n) is 12.0. The SMILES string of the molecule is CCOc1cccc(CC(C=O)c2ccc(C)cc2)c1. The molecular weight excluding hydrogens is 248 g/mol. The molecule has 0 amide bonds. The van der Waals surface area contributed by atoms with Crippen LogP contribution in [0, 0.1) is 6.92 Å². The van der Waals surface area contributed by atoms with E-state index >= 15 is 0 Å². The summed E-state index contributed by atoms with van der Waals surface area (Å²) in [4.78, 5) is 11.4. The molecule has 0 aliphatic carbocycles. The van der Waals surface area contributed by atoms with Crippen molar-refractivity contribution < 1.29 is 9.53 Å². The minimum Gasteiger partial charge on any atom is -0.494 e. The Balaban J connectivity index is 2.15. The summed E-state index contributed by atoms with van der Waals surface area (Å²) in [5, 5.41) is 0. The predicted molar refractivity (Wildman–Crippen MR) is 81.3 cm³/mol. The van der Waals surface area contributed by atoms with E-state index in [4.69, 9.17) is 4.74 Å². The first kappa shape index (κ1) is 14.3. The second kappa shape index (κ2) is 6.90. The summed E-state index contributed by atoms with van der Waals surface area (Å²) in [6.45, 7) is 4.66. The Hall–Kier alpha value is -2.09. The molecule has 1 atom stereocenters. The van der Waals surface area contributed by atoms with Crippen LogP contribution in [0.5, 0.6) is 5.75 Å². The number of aryl methyl sites for hydroxylation is 1. The Morgan fingerprint density at radius 3 is 2.55 bits per heavy atom. The van der Waals surface area contributed by atoms with Crippen LogP contribution in [0.2, 0.25) is 0 Å². The Morgan fingerprint density at radius 1 is 1.15 bits per heavy atom. The fraction of sp³-hybridized carbons (Fsp3) is 0.278. The number of rotatable bonds is 6. The summed E-state index contributed by atoms with van der Waals surface area (Å²) in [6, 6.07) is 16.1. The fourth-order valence-corrected chi connectivity index (χ4v) is 2.24. The quantitative estimate of drug-likeness (QED) is 0.742. The van der Waals surface area contributed by atoms with Gasteiger partial charge in [0.2, 0.25) is 0 Å². The first-order valence-electron chi connectivity index (χ1n) is 6.96. The van der Waals surface area contributed by atoms with Gasteiger partial charge in [-0.15, -0.1) is 0 Å². The van der Waals surface area contributed by atoms with Gasteiger partial charge in [-0.3, -0.25) is 0 Å². The molecule has 2 heteroatoms. The Kier molecular flexibility index (Phi) is 4.94. The second-order valence-electron chi connectivity index (χ2n) is 4.94. The number of hydrogen-bond donors (Lipinski definition) is 0. The molecule has 0 spiro atoms. The summed E-state index contributed by atoms with van der Waals surface area (Å²) < 4.78 is 5.49. The molecule has 0 aliphatic rings. The zero-order valence-corrected chi connectivity index (χ0v) is 12.0. The van der Waals surface area contributed by atoms with Crippen LogP contribution in [-0.2, 0) is 11.2 Å². The number of ether oxygens (including phenoxy) is 1. The van der Waals surface area contributed by atoms with Crippen LogP contribution < -0.4 is 4.74 Å². The smallest absolute Gasteiger partial charge is 0.127 e. The second-order valence-corrected chi connectivity index (χ2v) is 4.94. The highest BCUT2D eigenvalue weighted by Crippen LogP contribution is 2.22. The number of benzene rings is 2. The van der Waals surface area contributed by atoms with E-state index in [0.29, 0.717) is 13.0 Å². The van der Waals surface area contributed by atoms with Crippen molar-refractivity contribution in [3.8, 4) is 5.75 Å². The van der Waals surface area contributed by atoms with Crippen molar-refractivity contribution in [3.63, 3.8) is 0 Å². The van der Waals surface area contributed by atoms with Gasteiger partial charge in [-0.1, -0.05) is 42.0 Å². The maximum absolute atomic E-state index is 11.4. The molecule has 0 aromatic heterocycles. The van der Waals surface area contributed by atoms with Crippen molar-refractivity contribution in [3.05, 3.63) is 65.2 Å². The third kappa shape index (κ3) is 3.70. The number of hydrogen-bond acceptors (Lipinski definition) is 2. The topological polar surface area (TPSA) is 26.3 Å². The van der Waals surface area contributed by atoms with Crippen LogP contribution in [0.15, 0.2) is 48.5 Å². The van der Waals surface area contributed by atoms with Crippen LogP contribution in [0.1, 0.15) is 29.5 Å². The van der Waals surface area contributed by atoms with Gasteiger partial charge >= 0.3 is 0 Å². The van der Waals surface area contributed by atoms with Gasteiger partial charge in [0, 0.05) is 5.92 Å². The highest BCUT2D eigenvalue weighted by molar-refractivity contribution is 5.63. The Bertz CT molecular complexity index is 558. The summed E-state index contributed by atoms with van der Waals surface area (Å²) >= 11 is 0. The van der Waals surface area contributed by atoms with E-state index in [2.05, 4.69) is 0 Å². The van der Waals surface area contributed by atoms with Gasteiger partial charge < -0.3 is 9.53 Å². The first-order valence-corrected chi connectivity index (χ1v) is 6.96. The van der Waals surface area contributed by atoms with E-state index in [0.717, 1.165) is 23.2 Å². The predicted octanol–water partition coefficient (Wildman–Crippen LogP) is 3.92. The van der Waals surface area contributed by atoms with Crippen LogP contribution in [0.25, 0.3) is 0 Å². The summed E-state index contributed by atoms with van der Waals surface area (Å²) in [6.07, 6.45) is 1.73. The van der Waals surface area contributed by atoms with E-state index < -0.39 is 0 Å². The molecular formula is C18H20O2. The van der Waals surface area contributed by atoms with Crippen molar-refractivity contribution in [2.24, 2.45) is 0 Å². The van der Waals surface area contributed by atoms with E-state index in [9.17, 15) is 4.79 Å². The molecule has 0 N–H and O–H groups in total. The molecule has 0 saturated carbocycles. The van der Waals surface area contributed by atoms with Crippen molar-refractivity contribution in [2.75, 3.05) is 6.61 Å². The van der Waals surface area contributed by atoms with Crippen LogP contribution >= 0.6 is 0 Å². The number of carbonyl (C=O) groups is 1. The first-order chi connectivity index (χ1) is 9.72. The summed E-state index contributed by atoms with van der Waals surface area (Å²) in [5.41, 5.74) is 3.39. The van der Waals surface area contributed by atoms with Gasteiger partial charge in [0.05, 0.1) is 6.61 Å². The lowest BCUT2D eigenvalue weighted by atomic mass is 9.92. The van der Waals surface area contributed by atoms with Crippen LogP contribution in [0.3, 0.4) is 0 Å². The number of aldehydes is 1. The van der Waals surface area contributed by atoms with Gasteiger partial charge in [0.15, 0.2) is 0 Å². The maximum Gasteiger partial charge on any atom is 0.127 e. The Labute approximate surface area is 120 Å². The van der Waals surface area contributed by atoms with E-state index in [1.165, 1.54) is 5.56 Å². The molecule has 0 bridgehead atoms. The van der Waals surface area contributed by atoms with Crippen LogP contribution in [0.4, 0.5) is 0 Å². The normalized spacial score (nSPS) is 11.9. The highest BCUT2D eigenvalue weighted by atomic mass is 16.5. The van der Waals surface area contributed by atoms with Crippen molar-refractivity contribution in [1.82, 2.24) is 0 Å². The third-order valence-corrected chi connectivity index (χ3v) is 3.33. The fourth-order valence-electron chi connectivity index (χ4n) is 2.24. The zero-order chi connectivity index (χ0) is 14.4. The minimum absolute atomic E-state index is 0.104. The molecule has 2 aromatic rings. The third-order valence-electron chi connectivity index (χ3n) is 3.33. The number of carbonyl (C=O) groups excluding carboxylic acids is 1. The van der Waals surface area contributed by atoms with Crippen molar-refractivity contribution in [2.45, 2.75) is 26.2 Å². The molecule has 0 fully saturated rings. The lowest BCUT2D eigenvalue weighted by Crippen LogP contribution is -2.04. The molecule has 2 aromatic carbocycles. The molecule has 2 rings (SSSR count).